The minimum Gasteiger partial charge on any atom is -0.502 e. The molecule has 1 fully saturated rings. The monoisotopic (exact) mass is 450 g/mol. The van der Waals surface area contributed by atoms with Crippen LogP contribution in [0.3, 0.4) is 0 Å². The average Bonchev–Trinajstić information content (AvgIpc) is 2.87. The molecular weight excluding hydrogens is 437 g/mol. The van der Waals surface area contributed by atoms with E-state index in [9.17, 15) is 33.5 Å². The molecule has 1 aromatic heterocycles. The van der Waals surface area contributed by atoms with Gasteiger partial charge in [0.05, 0.1) is 12.3 Å². The Bertz CT molecular complexity index is 896. The first-order valence-electron chi connectivity index (χ1n) is 6.85. The lowest BCUT2D eigenvalue weighted by atomic mass is 10.2. The second-order valence-electron chi connectivity index (χ2n) is 5.00. The van der Waals surface area contributed by atoms with Crippen molar-refractivity contribution in [2.24, 2.45) is 0 Å². The Morgan fingerprint density at radius 3 is 2.67 bits per heavy atom. The molecule has 1 saturated heterocycles. The summed E-state index contributed by atoms with van der Waals surface area (Å²) in [5.41, 5.74) is -1.92. The van der Waals surface area contributed by atoms with Crippen LogP contribution in [0.4, 0.5) is 0 Å². The van der Waals surface area contributed by atoms with Gasteiger partial charge in [-0.2, -0.15) is 0 Å². The highest BCUT2D eigenvalue weighted by molar-refractivity contribution is 7.61. The second-order valence-corrected chi connectivity index (χ2v) is 8.43. The minimum atomic E-state index is -5.11. The lowest BCUT2D eigenvalue weighted by Gasteiger charge is -2.14. The van der Waals surface area contributed by atoms with Crippen LogP contribution in [0.2, 0.25) is 0 Å². The first-order chi connectivity index (χ1) is 12.5. The van der Waals surface area contributed by atoms with Gasteiger partial charge in [-0.25, -0.2) is 9.36 Å². The van der Waals surface area contributed by atoms with Gasteiger partial charge in [0.15, 0.2) is 5.75 Å². The fourth-order valence-corrected chi connectivity index (χ4v) is 4.29. The Morgan fingerprint density at radius 1 is 1.37 bits per heavy atom. The van der Waals surface area contributed by atoms with Crippen molar-refractivity contribution in [3.05, 3.63) is 27.0 Å². The molecule has 0 saturated carbocycles. The molecule has 0 amide bonds. The number of aliphatic hydroxyl groups excluding tert-OH is 1. The van der Waals surface area contributed by atoms with Crippen molar-refractivity contribution in [2.45, 2.75) is 24.9 Å². The third-order valence-corrected chi connectivity index (χ3v) is 6.25. The van der Waals surface area contributed by atoms with E-state index in [-0.39, 0.29) is 6.42 Å². The number of H-pyrrole nitrogens is 1. The fraction of sp³-hybridized carbons (Fsp3) is 0.556. The minimum absolute atomic E-state index is 0.163. The van der Waals surface area contributed by atoms with Gasteiger partial charge in [0, 0.05) is 24.2 Å². The van der Waals surface area contributed by atoms with Crippen molar-refractivity contribution in [1.82, 2.24) is 9.55 Å². The van der Waals surface area contributed by atoms with Crippen LogP contribution < -0.4 is 11.2 Å². The molecule has 18 heteroatoms. The van der Waals surface area contributed by atoms with Crippen LogP contribution in [0.1, 0.15) is 12.6 Å². The van der Waals surface area contributed by atoms with E-state index in [1.807, 2.05) is 4.98 Å². The van der Waals surface area contributed by atoms with Crippen molar-refractivity contribution >= 4 is 24.3 Å². The topological polar surface area (TPSA) is 224 Å². The number of aromatic nitrogens is 2. The molecule has 5 N–H and O–H groups in total. The largest absolute Gasteiger partial charge is 0.708 e. The van der Waals surface area contributed by atoms with E-state index in [0.717, 1.165) is 10.8 Å². The summed E-state index contributed by atoms with van der Waals surface area (Å²) < 4.78 is 51.2. The quantitative estimate of drug-likeness (QED) is 0.311. The van der Waals surface area contributed by atoms with E-state index in [1.54, 1.807) is 0 Å². The normalized spacial score (nSPS) is 25.8. The summed E-state index contributed by atoms with van der Waals surface area (Å²) >= 11 is 0. The first-order valence-corrected chi connectivity index (χ1v) is 10.6. The van der Waals surface area contributed by atoms with E-state index >= 15 is 0 Å². The maximum atomic E-state index is 11.7. The smallest absolute Gasteiger partial charge is 0.502 e. The van der Waals surface area contributed by atoms with E-state index < -0.39 is 66.4 Å². The molecule has 0 aliphatic carbocycles. The number of rotatable bonds is 8. The van der Waals surface area contributed by atoms with Crippen molar-refractivity contribution < 1.29 is 51.6 Å². The van der Waals surface area contributed by atoms with E-state index in [2.05, 4.69) is 13.1 Å². The molecule has 0 spiro atoms. The summed E-state index contributed by atoms with van der Waals surface area (Å²) in [4.78, 5) is 42.0. The third kappa shape index (κ3) is 6.06. The molecule has 1 aliphatic heterocycles. The van der Waals surface area contributed by atoms with Crippen molar-refractivity contribution in [3.8, 4) is 5.75 Å². The van der Waals surface area contributed by atoms with Crippen LogP contribution in [0.15, 0.2) is 15.8 Å². The molecule has 1 aliphatic rings. The molecular formula is C9H13N2O13P3+2. The molecule has 0 aromatic carbocycles. The maximum absolute atomic E-state index is 11.7. The van der Waals surface area contributed by atoms with Crippen molar-refractivity contribution in [3.63, 3.8) is 0 Å². The Labute approximate surface area is 150 Å². The van der Waals surface area contributed by atoms with Crippen LogP contribution in [-0.4, -0.2) is 48.4 Å². The predicted octanol–water partition coefficient (Wildman–Crippen LogP) is -0.652. The number of nitrogens with zero attached hydrogens (tertiary/aromatic N) is 1. The zero-order chi connectivity index (χ0) is 20.4. The Kier molecular flexibility index (Phi) is 7.11. The first kappa shape index (κ1) is 21.9. The Morgan fingerprint density at radius 2 is 2.04 bits per heavy atom. The van der Waals surface area contributed by atoms with Gasteiger partial charge in [-0.05, 0) is 0 Å². The van der Waals surface area contributed by atoms with Gasteiger partial charge < -0.3 is 14.9 Å². The summed E-state index contributed by atoms with van der Waals surface area (Å²) in [5, 5.41) is 19.3. The van der Waals surface area contributed by atoms with E-state index in [4.69, 9.17) is 14.5 Å². The van der Waals surface area contributed by atoms with E-state index in [0.29, 0.717) is 0 Å². The van der Waals surface area contributed by atoms with E-state index in [1.165, 1.54) is 0 Å². The zero-order valence-corrected chi connectivity index (χ0v) is 15.7. The van der Waals surface area contributed by atoms with Crippen molar-refractivity contribution in [1.29, 1.82) is 0 Å². The molecule has 6 atom stereocenters. The summed E-state index contributed by atoms with van der Waals surface area (Å²) in [6.07, 6.45) is -2.85. The standard InChI is InChI=1S/C9H11N2O13P3/c12-4-1-7(11-2-5(13)8(14)10-9(11)15)22-6(4)3-21-26(18)24-27(19,20)23-25(16)17/h2,4,6-7,12H,1,3H2,(H2-2,10,13,14,15,16,17,19,20)/p+2. The fourth-order valence-electron chi connectivity index (χ4n) is 2.07. The SMILES string of the molecule is O=c1[nH]c(=O)n(C2CC(O)C(CO[P+](=O)OP(=O)(O)O[P+](=O)O)O2)cc1O. The molecule has 27 heavy (non-hydrogen) atoms. The van der Waals surface area contributed by atoms with Crippen LogP contribution in [0.25, 0.3) is 0 Å². The average molecular weight is 450 g/mol. The Hall–Kier alpha value is -1.37. The van der Waals surface area contributed by atoms with Crippen LogP contribution >= 0.6 is 24.3 Å². The third-order valence-electron chi connectivity index (χ3n) is 3.15. The van der Waals surface area contributed by atoms with Gasteiger partial charge in [0.2, 0.25) is 0 Å². The summed E-state index contributed by atoms with van der Waals surface area (Å²) in [5.74, 6) is -0.759. The number of hydrogen-bond acceptors (Lipinski definition) is 11. The van der Waals surface area contributed by atoms with Gasteiger partial charge in [-0.3, -0.25) is 19.2 Å². The maximum Gasteiger partial charge on any atom is 0.708 e. The highest BCUT2D eigenvalue weighted by atomic mass is 31.3. The zero-order valence-electron chi connectivity index (χ0n) is 13.0. The molecule has 1 aromatic rings. The van der Waals surface area contributed by atoms with Crippen molar-refractivity contribution in [2.75, 3.05) is 6.61 Å². The summed E-state index contributed by atoms with van der Waals surface area (Å²) in [6, 6.07) is 0. The number of hydrogen-bond donors (Lipinski definition) is 5. The van der Waals surface area contributed by atoms with Gasteiger partial charge >= 0.3 is 30.0 Å². The van der Waals surface area contributed by atoms with Crippen LogP contribution in [-0.2, 0) is 31.6 Å². The number of aromatic hydroxyl groups is 1. The number of phosphoric acid groups is 1. The van der Waals surface area contributed by atoms with Gasteiger partial charge in [-0.15, -0.1) is 9.42 Å². The second kappa shape index (κ2) is 8.76. The number of ether oxygens (including phenoxy) is 1. The number of aromatic amines is 1. The van der Waals surface area contributed by atoms with Crippen LogP contribution in [0, 0.1) is 0 Å². The number of nitrogens with one attached hydrogen (secondary N) is 1. The van der Waals surface area contributed by atoms with Gasteiger partial charge in [-0.1, -0.05) is 0 Å². The lowest BCUT2D eigenvalue weighted by Crippen LogP contribution is -2.32. The lowest BCUT2D eigenvalue weighted by molar-refractivity contribution is -0.0414. The molecule has 2 heterocycles. The molecule has 0 radical (unpaired) electrons. The van der Waals surface area contributed by atoms with Gasteiger partial charge in [0.1, 0.15) is 18.9 Å². The summed E-state index contributed by atoms with van der Waals surface area (Å²) in [6.45, 7) is -0.623. The Balaban J connectivity index is 1.96. The highest BCUT2D eigenvalue weighted by Crippen LogP contribution is 2.57. The molecule has 2 rings (SSSR count). The molecule has 150 valence electrons. The predicted molar refractivity (Wildman–Crippen MR) is 82.9 cm³/mol. The summed E-state index contributed by atoms with van der Waals surface area (Å²) in [7, 11) is -11.9. The van der Waals surface area contributed by atoms with Crippen LogP contribution in [0.5, 0.6) is 5.75 Å². The molecule has 0 bridgehead atoms. The molecule has 15 nitrogen and oxygen atoms in total. The highest BCUT2D eigenvalue weighted by Gasteiger charge is 2.46. The molecule has 6 unspecified atom stereocenters. The number of aliphatic hydroxyl groups is 1. The van der Waals surface area contributed by atoms with Gasteiger partial charge in [0.25, 0.3) is 5.56 Å².